The van der Waals surface area contributed by atoms with E-state index in [2.05, 4.69) is 16.5 Å². The number of carbonyl (C=O) groups is 1. The van der Waals surface area contributed by atoms with Gasteiger partial charge in [0.15, 0.2) is 5.76 Å². The number of rotatable bonds is 4. The molecular formula is C20H24N2O3. The van der Waals surface area contributed by atoms with Gasteiger partial charge in [0, 0.05) is 29.0 Å². The zero-order chi connectivity index (χ0) is 18.3. The van der Waals surface area contributed by atoms with E-state index in [0.29, 0.717) is 12.3 Å². The quantitative estimate of drug-likeness (QED) is 0.759. The Balaban J connectivity index is 1.83. The molecule has 5 heteroatoms. The Bertz CT molecular complexity index is 930. The lowest BCUT2D eigenvalue weighted by molar-refractivity contribution is 0.0925. The van der Waals surface area contributed by atoms with Crippen molar-refractivity contribution in [1.82, 2.24) is 10.5 Å². The number of benzene rings is 1. The summed E-state index contributed by atoms with van der Waals surface area (Å²) in [5, 5.41) is 7.99. The van der Waals surface area contributed by atoms with Gasteiger partial charge in [0.2, 0.25) is 0 Å². The summed E-state index contributed by atoms with van der Waals surface area (Å²) < 4.78 is 11.1. The van der Waals surface area contributed by atoms with Crippen LogP contribution in [0.3, 0.4) is 0 Å². The third-order valence-electron chi connectivity index (χ3n) is 4.84. The fourth-order valence-corrected chi connectivity index (χ4v) is 3.51. The van der Waals surface area contributed by atoms with E-state index >= 15 is 0 Å². The standard InChI is InChI=1S/C20H24N2O3/c1-10-7-8-11(2)18-16(10)13(4)19(24-18)20(23)21-9-12(3)17-14(5)22-25-15(17)6/h7-8,12H,9H2,1-6H3,(H,21,23). The van der Waals surface area contributed by atoms with Crippen LogP contribution < -0.4 is 5.32 Å². The summed E-state index contributed by atoms with van der Waals surface area (Å²) in [5.41, 5.74) is 5.75. The van der Waals surface area contributed by atoms with E-state index in [-0.39, 0.29) is 11.8 Å². The number of carbonyl (C=O) groups excluding carboxylic acids is 1. The molecule has 5 nitrogen and oxygen atoms in total. The number of amides is 1. The highest BCUT2D eigenvalue weighted by molar-refractivity contribution is 6.00. The van der Waals surface area contributed by atoms with Gasteiger partial charge in [-0.3, -0.25) is 4.79 Å². The van der Waals surface area contributed by atoms with Crippen LogP contribution in [0.4, 0.5) is 0 Å². The summed E-state index contributed by atoms with van der Waals surface area (Å²) in [5.74, 6) is 1.11. The molecule has 1 N–H and O–H groups in total. The Hall–Kier alpha value is -2.56. The third-order valence-corrected chi connectivity index (χ3v) is 4.84. The van der Waals surface area contributed by atoms with Crippen molar-refractivity contribution in [2.75, 3.05) is 6.54 Å². The molecule has 0 aliphatic rings. The first kappa shape index (κ1) is 17.3. The van der Waals surface area contributed by atoms with E-state index in [0.717, 1.165) is 44.7 Å². The van der Waals surface area contributed by atoms with Gasteiger partial charge >= 0.3 is 0 Å². The number of fused-ring (bicyclic) bond motifs is 1. The normalized spacial score (nSPS) is 12.6. The van der Waals surface area contributed by atoms with Gasteiger partial charge in [0.25, 0.3) is 5.91 Å². The summed E-state index contributed by atoms with van der Waals surface area (Å²) in [6, 6.07) is 4.07. The van der Waals surface area contributed by atoms with Crippen molar-refractivity contribution >= 4 is 16.9 Å². The van der Waals surface area contributed by atoms with Crippen LogP contribution in [0.15, 0.2) is 21.1 Å². The van der Waals surface area contributed by atoms with Crippen molar-refractivity contribution in [1.29, 1.82) is 0 Å². The van der Waals surface area contributed by atoms with Crippen LogP contribution in [0.2, 0.25) is 0 Å². The molecule has 132 valence electrons. The maximum absolute atomic E-state index is 12.7. The summed E-state index contributed by atoms with van der Waals surface area (Å²) in [7, 11) is 0. The second kappa shape index (κ2) is 6.39. The Morgan fingerprint density at radius 1 is 1.16 bits per heavy atom. The van der Waals surface area contributed by atoms with Crippen molar-refractivity contribution in [3.63, 3.8) is 0 Å². The molecule has 0 saturated carbocycles. The highest BCUT2D eigenvalue weighted by atomic mass is 16.5. The molecule has 25 heavy (non-hydrogen) atoms. The van der Waals surface area contributed by atoms with Crippen molar-refractivity contribution in [3.8, 4) is 0 Å². The predicted molar refractivity (Wildman–Crippen MR) is 97.2 cm³/mol. The monoisotopic (exact) mass is 340 g/mol. The third kappa shape index (κ3) is 2.95. The minimum atomic E-state index is -0.189. The molecule has 3 rings (SSSR count). The van der Waals surface area contributed by atoms with Crippen molar-refractivity contribution < 1.29 is 13.7 Å². The number of hydrogen-bond donors (Lipinski definition) is 1. The summed E-state index contributed by atoms with van der Waals surface area (Å²) in [6.45, 7) is 12.3. The largest absolute Gasteiger partial charge is 0.450 e. The lowest BCUT2D eigenvalue weighted by Crippen LogP contribution is -2.28. The predicted octanol–water partition coefficient (Wildman–Crippen LogP) is 4.50. The number of aromatic nitrogens is 1. The van der Waals surface area contributed by atoms with Crippen LogP contribution in [0.25, 0.3) is 11.0 Å². The number of furan rings is 1. The minimum Gasteiger partial charge on any atom is -0.450 e. The second-order valence-corrected chi connectivity index (χ2v) is 6.81. The van der Waals surface area contributed by atoms with Crippen molar-refractivity contribution in [3.05, 3.63) is 51.6 Å². The van der Waals surface area contributed by atoms with Crippen LogP contribution in [0, 0.1) is 34.6 Å². The number of nitrogens with zero attached hydrogens (tertiary/aromatic N) is 1. The van der Waals surface area contributed by atoms with Crippen LogP contribution in [-0.2, 0) is 0 Å². The molecule has 1 amide bonds. The van der Waals surface area contributed by atoms with Crippen molar-refractivity contribution in [2.45, 2.75) is 47.5 Å². The maximum Gasteiger partial charge on any atom is 0.287 e. The molecule has 2 aromatic heterocycles. The van der Waals surface area contributed by atoms with Crippen LogP contribution in [0.1, 0.15) is 57.1 Å². The van der Waals surface area contributed by atoms with Crippen LogP contribution in [0.5, 0.6) is 0 Å². The molecule has 0 aliphatic heterocycles. The molecule has 0 aliphatic carbocycles. The minimum absolute atomic E-state index is 0.114. The Morgan fingerprint density at radius 2 is 1.84 bits per heavy atom. The maximum atomic E-state index is 12.7. The average Bonchev–Trinajstić information content (AvgIpc) is 3.09. The van der Waals surface area contributed by atoms with E-state index in [1.807, 2.05) is 47.6 Å². The summed E-state index contributed by atoms with van der Waals surface area (Å²) >= 11 is 0. The molecule has 1 atom stereocenters. The smallest absolute Gasteiger partial charge is 0.287 e. The Labute approximate surface area is 147 Å². The molecule has 0 bridgehead atoms. The van der Waals surface area contributed by atoms with Crippen LogP contribution in [-0.4, -0.2) is 17.6 Å². The zero-order valence-electron chi connectivity index (χ0n) is 15.6. The van der Waals surface area contributed by atoms with E-state index in [1.165, 1.54) is 0 Å². The molecule has 1 unspecified atom stereocenters. The first-order valence-electron chi connectivity index (χ1n) is 8.51. The van der Waals surface area contributed by atoms with Crippen molar-refractivity contribution in [2.24, 2.45) is 0 Å². The van der Waals surface area contributed by atoms with E-state index < -0.39 is 0 Å². The first-order chi connectivity index (χ1) is 11.8. The molecule has 0 radical (unpaired) electrons. The fourth-order valence-electron chi connectivity index (χ4n) is 3.51. The molecular weight excluding hydrogens is 316 g/mol. The lowest BCUT2D eigenvalue weighted by atomic mass is 9.99. The SMILES string of the molecule is Cc1noc(C)c1C(C)CNC(=O)c1oc2c(C)ccc(C)c2c1C. The Morgan fingerprint density at radius 3 is 2.44 bits per heavy atom. The molecule has 0 spiro atoms. The van der Waals surface area contributed by atoms with Gasteiger partial charge in [0.1, 0.15) is 11.3 Å². The molecule has 0 saturated heterocycles. The molecule has 1 aromatic carbocycles. The zero-order valence-corrected chi connectivity index (χ0v) is 15.6. The van der Waals surface area contributed by atoms with Crippen LogP contribution >= 0.6 is 0 Å². The van der Waals surface area contributed by atoms with Gasteiger partial charge in [-0.15, -0.1) is 0 Å². The van der Waals surface area contributed by atoms with Gasteiger partial charge in [-0.05, 0) is 45.7 Å². The highest BCUT2D eigenvalue weighted by Gasteiger charge is 2.22. The van der Waals surface area contributed by atoms with E-state index in [9.17, 15) is 4.79 Å². The van der Waals surface area contributed by atoms with E-state index in [1.54, 1.807) is 0 Å². The topological polar surface area (TPSA) is 68.3 Å². The number of hydrogen-bond acceptors (Lipinski definition) is 4. The summed E-state index contributed by atoms with van der Waals surface area (Å²) in [6.07, 6.45) is 0. The van der Waals surface area contributed by atoms with Gasteiger partial charge in [-0.25, -0.2) is 0 Å². The average molecular weight is 340 g/mol. The lowest BCUT2D eigenvalue weighted by Gasteiger charge is -2.12. The summed E-state index contributed by atoms with van der Waals surface area (Å²) in [4.78, 5) is 12.7. The van der Waals surface area contributed by atoms with Gasteiger partial charge in [-0.1, -0.05) is 24.2 Å². The van der Waals surface area contributed by atoms with Gasteiger partial charge in [0.05, 0.1) is 5.69 Å². The molecule has 0 fully saturated rings. The fraction of sp³-hybridized carbons (Fsp3) is 0.400. The first-order valence-corrected chi connectivity index (χ1v) is 8.51. The van der Waals surface area contributed by atoms with Gasteiger partial charge < -0.3 is 14.3 Å². The van der Waals surface area contributed by atoms with Gasteiger partial charge in [-0.2, -0.15) is 0 Å². The molecule has 3 aromatic rings. The number of nitrogens with one attached hydrogen (secondary N) is 1. The molecule has 2 heterocycles. The van der Waals surface area contributed by atoms with E-state index in [4.69, 9.17) is 8.94 Å². The Kier molecular flexibility index (Phi) is 4.41. The second-order valence-electron chi connectivity index (χ2n) is 6.81. The highest BCUT2D eigenvalue weighted by Crippen LogP contribution is 2.30. The number of aryl methyl sites for hydroxylation is 5.